The second-order valence-corrected chi connectivity index (χ2v) is 5.28. The first-order chi connectivity index (χ1) is 9.67. The molecule has 1 unspecified atom stereocenters. The molecule has 0 bridgehead atoms. The lowest BCUT2D eigenvalue weighted by atomic mass is 10.1. The number of rotatable bonds is 5. The number of nitriles is 1. The van der Waals surface area contributed by atoms with Crippen LogP contribution in [0.1, 0.15) is 11.1 Å². The SMILES string of the molecule is N#Cc1ccc(Nc2ccc(CCS(=O)[O-])cc2)cc1. The van der Waals surface area contributed by atoms with Gasteiger partial charge in [0, 0.05) is 17.1 Å². The summed E-state index contributed by atoms with van der Waals surface area (Å²) in [5.41, 5.74) is 3.43. The first-order valence-electron chi connectivity index (χ1n) is 6.09. The Morgan fingerprint density at radius 3 is 2.10 bits per heavy atom. The Kier molecular flexibility index (Phi) is 4.88. The van der Waals surface area contributed by atoms with Crippen molar-refractivity contribution in [2.24, 2.45) is 0 Å². The molecule has 1 N–H and O–H groups in total. The molecule has 0 fully saturated rings. The molecule has 0 radical (unpaired) electrons. The van der Waals surface area contributed by atoms with Gasteiger partial charge in [-0.05, 0) is 48.4 Å². The van der Waals surface area contributed by atoms with Gasteiger partial charge in [0.1, 0.15) is 0 Å². The number of hydrogen-bond acceptors (Lipinski definition) is 4. The molecule has 0 aliphatic rings. The zero-order valence-electron chi connectivity index (χ0n) is 10.7. The highest BCUT2D eigenvalue weighted by Crippen LogP contribution is 2.17. The maximum atomic E-state index is 10.5. The molecule has 0 heterocycles. The van der Waals surface area contributed by atoms with Gasteiger partial charge in [0.05, 0.1) is 11.6 Å². The molecule has 0 spiro atoms. The topological polar surface area (TPSA) is 76.0 Å². The third-order valence-corrected chi connectivity index (χ3v) is 3.35. The fraction of sp³-hybridized carbons (Fsp3) is 0.133. The van der Waals surface area contributed by atoms with Crippen molar-refractivity contribution in [1.29, 1.82) is 5.26 Å². The van der Waals surface area contributed by atoms with Crippen LogP contribution in [0.5, 0.6) is 0 Å². The summed E-state index contributed by atoms with van der Waals surface area (Å²) in [4.78, 5) is 0. The van der Waals surface area contributed by atoms with Gasteiger partial charge in [-0.2, -0.15) is 5.26 Å². The minimum absolute atomic E-state index is 0.141. The zero-order valence-corrected chi connectivity index (χ0v) is 11.5. The molecule has 20 heavy (non-hydrogen) atoms. The van der Waals surface area contributed by atoms with E-state index in [4.69, 9.17) is 5.26 Å². The highest BCUT2D eigenvalue weighted by Gasteiger charge is 1.97. The van der Waals surface area contributed by atoms with Crippen molar-refractivity contribution in [3.8, 4) is 6.07 Å². The molecular weight excluding hydrogens is 272 g/mol. The van der Waals surface area contributed by atoms with Crippen LogP contribution in [0.4, 0.5) is 11.4 Å². The van der Waals surface area contributed by atoms with Gasteiger partial charge in [0.2, 0.25) is 0 Å². The number of aryl methyl sites for hydroxylation is 1. The van der Waals surface area contributed by atoms with E-state index in [0.29, 0.717) is 12.0 Å². The summed E-state index contributed by atoms with van der Waals surface area (Å²) < 4.78 is 21.0. The first kappa shape index (κ1) is 14.3. The van der Waals surface area contributed by atoms with Gasteiger partial charge < -0.3 is 9.87 Å². The van der Waals surface area contributed by atoms with Crippen molar-refractivity contribution in [3.63, 3.8) is 0 Å². The third kappa shape index (κ3) is 4.19. The Balaban J connectivity index is 1.99. The monoisotopic (exact) mass is 285 g/mol. The van der Waals surface area contributed by atoms with Crippen LogP contribution in [0.2, 0.25) is 0 Å². The van der Waals surface area contributed by atoms with E-state index in [0.717, 1.165) is 16.9 Å². The maximum absolute atomic E-state index is 10.5. The molecule has 0 aliphatic heterocycles. The third-order valence-electron chi connectivity index (χ3n) is 2.81. The summed E-state index contributed by atoms with van der Waals surface area (Å²) in [6, 6.07) is 16.9. The molecule has 2 rings (SSSR count). The van der Waals surface area contributed by atoms with Gasteiger partial charge in [-0.3, -0.25) is 4.21 Å². The molecule has 0 saturated carbocycles. The van der Waals surface area contributed by atoms with Crippen molar-refractivity contribution in [1.82, 2.24) is 0 Å². The quantitative estimate of drug-likeness (QED) is 0.857. The first-order valence-corrected chi connectivity index (χ1v) is 7.34. The average Bonchev–Trinajstić information content (AvgIpc) is 2.47. The van der Waals surface area contributed by atoms with Crippen molar-refractivity contribution in [2.45, 2.75) is 6.42 Å². The molecule has 2 aromatic carbocycles. The summed E-state index contributed by atoms with van der Waals surface area (Å²) >= 11 is -2.00. The maximum Gasteiger partial charge on any atom is 0.0991 e. The predicted molar refractivity (Wildman–Crippen MR) is 78.4 cm³/mol. The van der Waals surface area contributed by atoms with E-state index in [1.165, 1.54) is 0 Å². The second kappa shape index (κ2) is 6.85. The number of nitrogens with one attached hydrogen (secondary N) is 1. The molecule has 2 aromatic rings. The number of hydrogen-bond donors (Lipinski definition) is 1. The zero-order chi connectivity index (χ0) is 14.4. The van der Waals surface area contributed by atoms with Crippen LogP contribution in [-0.4, -0.2) is 14.5 Å². The van der Waals surface area contributed by atoms with Gasteiger partial charge in [-0.15, -0.1) is 0 Å². The number of anilines is 2. The van der Waals surface area contributed by atoms with Gasteiger partial charge in [-0.1, -0.05) is 23.2 Å². The van der Waals surface area contributed by atoms with Crippen LogP contribution in [0.15, 0.2) is 48.5 Å². The Labute approximate surface area is 120 Å². The summed E-state index contributed by atoms with van der Waals surface area (Å²) in [6.07, 6.45) is 0.521. The lowest BCUT2D eigenvalue weighted by Gasteiger charge is -2.08. The predicted octanol–water partition coefficient (Wildman–Crippen LogP) is 2.72. The molecule has 0 amide bonds. The molecule has 1 atom stereocenters. The minimum atomic E-state index is -2.00. The summed E-state index contributed by atoms with van der Waals surface area (Å²) in [5, 5.41) is 11.9. The van der Waals surface area contributed by atoms with Crippen LogP contribution in [0.25, 0.3) is 0 Å². The van der Waals surface area contributed by atoms with E-state index in [9.17, 15) is 8.76 Å². The Morgan fingerprint density at radius 1 is 1.05 bits per heavy atom. The molecule has 0 aromatic heterocycles. The number of nitrogens with zero attached hydrogens (tertiary/aromatic N) is 1. The molecule has 5 heteroatoms. The smallest absolute Gasteiger partial charge is 0.0991 e. The van der Waals surface area contributed by atoms with Gasteiger partial charge in [0.15, 0.2) is 0 Å². The standard InChI is InChI=1S/C15H14N2O2S/c16-11-13-3-7-15(8-4-13)17-14-5-1-12(2-6-14)9-10-20(18)19/h1-8,17H,9-10H2,(H,18,19)/p-1. The fourth-order valence-electron chi connectivity index (χ4n) is 1.75. The summed E-state index contributed by atoms with van der Waals surface area (Å²) in [7, 11) is 0. The van der Waals surface area contributed by atoms with E-state index < -0.39 is 11.1 Å². The molecule has 102 valence electrons. The summed E-state index contributed by atoms with van der Waals surface area (Å²) in [5.74, 6) is 0.141. The molecule has 0 aliphatic carbocycles. The van der Waals surface area contributed by atoms with Crippen LogP contribution >= 0.6 is 0 Å². The summed E-state index contributed by atoms with van der Waals surface area (Å²) in [6.45, 7) is 0. The second-order valence-electron chi connectivity index (χ2n) is 4.27. The fourth-order valence-corrected chi connectivity index (χ4v) is 2.15. The Bertz CT molecular complexity index is 630. The minimum Gasteiger partial charge on any atom is -0.772 e. The van der Waals surface area contributed by atoms with Crippen molar-refractivity contribution >= 4 is 22.5 Å². The van der Waals surface area contributed by atoms with E-state index >= 15 is 0 Å². The number of benzene rings is 2. The van der Waals surface area contributed by atoms with Gasteiger partial charge >= 0.3 is 0 Å². The lowest BCUT2D eigenvalue weighted by molar-refractivity contribution is 0.536. The Hall–Kier alpha value is -2.16. The van der Waals surface area contributed by atoms with Crippen LogP contribution in [-0.2, 0) is 17.5 Å². The Morgan fingerprint density at radius 2 is 1.60 bits per heavy atom. The van der Waals surface area contributed by atoms with Crippen LogP contribution in [0.3, 0.4) is 0 Å². The normalized spacial score (nSPS) is 11.6. The van der Waals surface area contributed by atoms with Crippen LogP contribution < -0.4 is 5.32 Å². The lowest BCUT2D eigenvalue weighted by Crippen LogP contribution is -1.99. The van der Waals surface area contributed by atoms with Gasteiger partial charge in [0.25, 0.3) is 0 Å². The van der Waals surface area contributed by atoms with E-state index in [2.05, 4.69) is 11.4 Å². The van der Waals surface area contributed by atoms with E-state index in [1.54, 1.807) is 12.1 Å². The highest BCUT2D eigenvalue weighted by atomic mass is 32.2. The molecule has 4 nitrogen and oxygen atoms in total. The van der Waals surface area contributed by atoms with E-state index in [1.807, 2.05) is 36.4 Å². The van der Waals surface area contributed by atoms with Crippen molar-refractivity contribution < 1.29 is 8.76 Å². The van der Waals surface area contributed by atoms with Crippen LogP contribution in [0, 0.1) is 11.3 Å². The van der Waals surface area contributed by atoms with Crippen molar-refractivity contribution in [3.05, 3.63) is 59.7 Å². The molecular formula is C15H13N2O2S-. The van der Waals surface area contributed by atoms with Crippen molar-refractivity contribution in [2.75, 3.05) is 11.1 Å². The average molecular weight is 285 g/mol. The largest absolute Gasteiger partial charge is 0.772 e. The van der Waals surface area contributed by atoms with Gasteiger partial charge in [-0.25, -0.2) is 0 Å². The highest BCUT2D eigenvalue weighted by molar-refractivity contribution is 7.79. The van der Waals surface area contributed by atoms with E-state index in [-0.39, 0.29) is 5.75 Å². The molecule has 0 saturated heterocycles.